The largest absolute Gasteiger partial charge is 0.478 e. The number of hydrogen-bond acceptors (Lipinski definition) is 3. The summed E-state index contributed by atoms with van der Waals surface area (Å²) in [6.45, 7) is 0. The van der Waals surface area contributed by atoms with Gasteiger partial charge in [0.15, 0.2) is 0 Å². The lowest BCUT2D eigenvalue weighted by Gasteiger charge is -2.14. The molecule has 5 nitrogen and oxygen atoms in total. The van der Waals surface area contributed by atoms with Gasteiger partial charge < -0.3 is 5.11 Å². The van der Waals surface area contributed by atoms with Crippen LogP contribution in [0.1, 0.15) is 10.4 Å². The fourth-order valence-corrected chi connectivity index (χ4v) is 3.21. The van der Waals surface area contributed by atoms with Crippen LogP contribution in [0, 0.1) is 0 Å². The van der Waals surface area contributed by atoms with E-state index in [0.29, 0.717) is 16.1 Å². The summed E-state index contributed by atoms with van der Waals surface area (Å²) < 4.78 is 25.3. The summed E-state index contributed by atoms with van der Waals surface area (Å²) in [5.74, 6) is -1.23. The summed E-state index contributed by atoms with van der Waals surface area (Å²) in [7, 11) is -0.969. The second-order valence-electron chi connectivity index (χ2n) is 4.93. The first-order chi connectivity index (χ1) is 10.6. The fraction of sp³-hybridized carbons (Fsp3) is 0.133. The number of benzene rings is 2. The van der Waals surface area contributed by atoms with Crippen molar-refractivity contribution in [2.75, 3.05) is 14.1 Å². The van der Waals surface area contributed by atoms with Gasteiger partial charge in [0.05, 0.1) is 20.5 Å². The Morgan fingerprint density at radius 2 is 1.70 bits per heavy atom. The van der Waals surface area contributed by atoms with Crippen molar-refractivity contribution < 1.29 is 18.3 Å². The third-order valence-electron chi connectivity index (χ3n) is 3.23. The fourth-order valence-electron chi connectivity index (χ4n) is 1.99. The maximum Gasteiger partial charge on any atom is 0.336 e. The van der Waals surface area contributed by atoms with Gasteiger partial charge in [-0.15, -0.1) is 0 Å². The van der Waals surface area contributed by atoms with Crippen LogP contribution in [-0.4, -0.2) is 37.9 Å². The van der Waals surface area contributed by atoms with Gasteiger partial charge in [-0.05, 0) is 35.4 Å². The molecular formula is C15H13Cl2NO4S. The first kappa shape index (κ1) is 17.7. The van der Waals surface area contributed by atoms with Gasteiger partial charge in [-0.1, -0.05) is 35.3 Å². The number of carboxylic acids is 1. The Hall–Kier alpha value is -1.60. The van der Waals surface area contributed by atoms with Crippen LogP contribution in [0.3, 0.4) is 0 Å². The smallest absolute Gasteiger partial charge is 0.336 e. The van der Waals surface area contributed by atoms with E-state index < -0.39 is 16.0 Å². The van der Waals surface area contributed by atoms with Crippen molar-refractivity contribution in [2.45, 2.75) is 4.90 Å². The molecule has 0 aromatic heterocycles. The van der Waals surface area contributed by atoms with Crippen LogP contribution in [0.4, 0.5) is 0 Å². The molecule has 0 aliphatic heterocycles. The highest BCUT2D eigenvalue weighted by Crippen LogP contribution is 2.32. The second-order valence-corrected chi connectivity index (χ2v) is 7.90. The molecule has 0 radical (unpaired) electrons. The van der Waals surface area contributed by atoms with Crippen molar-refractivity contribution in [3.8, 4) is 11.1 Å². The van der Waals surface area contributed by atoms with Gasteiger partial charge in [0.2, 0.25) is 10.0 Å². The van der Waals surface area contributed by atoms with Crippen molar-refractivity contribution in [2.24, 2.45) is 0 Å². The molecule has 0 amide bonds. The molecule has 0 saturated heterocycles. The summed E-state index contributed by atoms with van der Waals surface area (Å²) >= 11 is 11.8. The monoisotopic (exact) mass is 373 g/mol. The average molecular weight is 374 g/mol. The lowest BCUT2D eigenvalue weighted by atomic mass is 10.00. The number of carboxylic acid groups (broad SMARTS) is 1. The molecule has 1 N–H and O–H groups in total. The van der Waals surface area contributed by atoms with Crippen LogP contribution in [0.5, 0.6) is 0 Å². The predicted octanol–water partition coefficient (Wildman–Crippen LogP) is 3.61. The first-order valence-electron chi connectivity index (χ1n) is 6.40. The average Bonchev–Trinajstić information content (AvgIpc) is 2.49. The van der Waals surface area contributed by atoms with Crippen molar-refractivity contribution >= 4 is 39.2 Å². The van der Waals surface area contributed by atoms with E-state index in [1.165, 1.54) is 32.3 Å². The highest BCUT2D eigenvalue weighted by molar-refractivity contribution is 7.89. The Labute approximate surface area is 144 Å². The second kappa shape index (κ2) is 6.49. The van der Waals surface area contributed by atoms with Gasteiger partial charge in [-0.3, -0.25) is 0 Å². The summed E-state index contributed by atoms with van der Waals surface area (Å²) in [6.07, 6.45) is 0. The van der Waals surface area contributed by atoms with Crippen LogP contribution < -0.4 is 0 Å². The number of aromatic carboxylic acids is 1. The Bertz CT molecular complexity index is 879. The van der Waals surface area contributed by atoms with E-state index in [2.05, 4.69) is 0 Å². The SMILES string of the molecule is CN(C)S(=O)(=O)c1ccc(-c2ccc(Cl)c(Cl)c2)c(C(=O)O)c1. The molecule has 0 heterocycles. The van der Waals surface area contributed by atoms with Crippen LogP contribution in [0.2, 0.25) is 10.0 Å². The Morgan fingerprint density at radius 1 is 1.04 bits per heavy atom. The van der Waals surface area contributed by atoms with E-state index in [0.717, 1.165) is 10.4 Å². The summed E-state index contributed by atoms with van der Waals surface area (Å²) in [5, 5.41) is 10.0. The van der Waals surface area contributed by atoms with Crippen molar-refractivity contribution in [3.05, 3.63) is 52.0 Å². The molecule has 0 fully saturated rings. The van der Waals surface area contributed by atoms with Gasteiger partial charge in [0.1, 0.15) is 0 Å². The molecule has 0 aliphatic rings. The van der Waals surface area contributed by atoms with E-state index in [9.17, 15) is 18.3 Å². The lowest BCUT2D eigenvalue weighted by Crippen LogP contribution is -2.22. The number of carbonyl (C=O) groups is 1. The minimum absolute atomic E-state index is 0.0938. The van der Waals surface area contributed by atoms with Gasteiger partial charge in [0.25, 0.3) is 0 Å². The number of sulfonamides is 1. The number of hydrogen-bond donors (Lipinski definition) is 1. The number of halogens is 2. The van der Waals surface area contributed by atoms with E-state index in [-0.39, 0.29) is 15.5 Å². The van der Waals surface area contributed by atoms with Gasteiger partial charge in [0, 0.05) is 14.1 Å². The van der Waals surface area contributed by atoms with Crippen molar-refractivity contribution in [1.82, 2.24) is 4.31 Å². The number of rotatable bonds is 4. The van der Waals surface area contributed by atoms with Crippen LogP contribution >= 0.6 is 23.2 Å². The molecule has 23 heavy (non-hydrogen) atoms. The molecule has 2 rings (SSSR count). The summed E-state index contributed by atoms with van der Waals surface area (Å²) in [4.78, 5) is 11.4. The Kier molecular flexibility index (Phi) is 5.01. The molecule has 8 heteroatoms. The maximum absolute atomic E-state index is 12.1. The summed E-state index contributed by atoms with van der Waals surface area (Å²) in [6, 6.07) is 8.64. The molecule has 2 aromatic carbocycles. The Morgan fingerprint density at radius 3 is 2.22 bits per heavy atom. The molecule has 0 saturated carbocycles. The number of nitrogens with zero attached hydrogens (tertiary/aromatic N) is 1. The zero-order valence-electron chi connectivity index (χ0n) is 12.2. The topological polar surface area (TPSA) is 74.7 Å². The van der Waals surface area contributed by atoms with E-state index >= 15 is 0 Å². The standard InChI is InChI=1S/C15H13Cl2NO4S/c1-18(2)23(21,22)10-4-5-11(12(8-10)15(19)20)9-3-6-13(16)14(17)7-9/h3-8H,1-2H3,(H,19,20). The highest BCUT2D eigenvalue weighted by atomic mass is 35.5. The zero-order valence-corrected chi connectivity index (χ0v) is 14.6. The van der Waals surface area contributed by atoms with Crippen LogP contribution in [-0.2, 0) is 10.0 Å². The minimum atomic E-state index is -3.72. The zero-order chi connectivity index (χ0) is 17.4. The normalized spacial score (nSPS) is 11.7. The van der Waals surface area contributed by atoms with Gasteiger partial charge in [-0.25, -0.2) is 17.5 Å². The van der Waals surface area contributed by atoms with Crippen molar-refractivity contribution in [1.29, 1.82) is 0 Å². The third-order valence-corrected chi connectivity index (χ3v) is 5.78. The molecule has 0 unspecified atom stereocenters. The molecule has 0 atom stereocenters. The molecule has 122 valence electrons. The van der Waals surface area contributed by atoms with E-state index in [4.69, 9.17) is 23.2 Å². The third kappa shape index (κ3) is 3.50. The quantitative estimate of drug-likeness (QED) is 0.887. The van der Waals surface area contributed by atoms with Gasteiger partial charge in [-0.2, -0.15) is 0 Å². The van der Waals surface area contributed by atoms with E-state index in [1.807, 2.05) is 0 Å². The minimum Gasteiger partial charge on any atom is -0.478 e. The first-order valence-corrected chi connectivity index (χ1v) is 8.59. The van der Waals surface area contributed by atoms with E-state index in [1.54, 1.807) is 12.1 Å². The predicted molar refractivity (Wildman–Crippen MR) is 89.7 cm³/mol. The Balaban J connectivity index is 2.67. The molecule has 0 aliphatic carbocycles. The molecule has 0 spiro atoms. The molecular weight excluding hydrogens is 361 g/mol. The summed E-state index contributed by atoms with van der Waals surface area (Å²) in [5.41, 5.74) is 0.755. The maximum atomic E-state index is 12.1. The molecule has 0 bridgehead atoms. The van der Waals surface area contributed by atoms with Crippen LogP contribution in [0.15, 0.2) is 41.3 Å². The highest BCUT2D eigenvalue weighted by Gasteiger charge is 2.21. The molecule has 2 aromatic rings. The van der Waals surface area contributed by atoms with Crippen molar-refractivity contribution in [3.63, 3.8) is 0 Å². The van der Waals surface area contributed by atoms with Crippen LogP contribution in [0.25, 0.3) is 11.1 Å². The lowest BCUT2D eigenvalue weighted by molar-refractivity contribution is 0.0697. The van der Waals surface area contributed by atoms with Gasteiger partial charge >= 0.3 is 5.97 Å².